The number of hydrogen-bond donors (Lipinski definition) is 2. The second kappa shape index (κ2) is 8.17. The standard InChI is InChI=1S/C15H21ClFN3.HI/c1-4-18-15(19-9(2)3)20-13-8-10(13)14-11(16)6-5-7-12(14)17;/h5-7,9-10,13H,4,8H2,1-3H3,(H2,18,19,20);1H. The number of rotatable bonds is 4. The molecule has 2 rings (SSSR count). The minimum atomic E-state index is -0.224. The molecule has 1 aliphatic rings. The highest BCUT2D eigenvalue weighted by Gasteiger charge is 2.41. The van der Waals surface area contributed by atoms with E-state index in [0.29, 0.717) is 23.2 Å². The SMILES string of the molecule is CCN=C(NC(C)C)NC1CC1c1c(F)cccc1Cl.I. The molecule has 2 unspecified atom stereocenters. The molecule has 1 fully saturated rings. The third-order valence-corrected chi connectivity index (χ3v) is 3.55. The Balaban J connectivity index is 0.00000220. The molecule has 0 aliphatic heterocycles. The minimum Gasteiger partial charge on any atom is -0.354 e. The summed E-state index contributed by atoms with van der Waals surface area (Å²) >= 11 is 6.10. The van der Waals surface area contributed by atoms with Crippen LogP contribution in [0.15, 0.2) is 23.2 Å². The lowest BCUT2D eigenvalue weighted by Crippen LogP contribution is -2.42. The summed E-state index contributed by atoms with van der Waals surface area (Å²) in [5.41, 5.74) is 0.618. The largest absolute Gasteiger partial charge is 0.354 e. The number of halogens is 3. The number of benzene rings is 1. The molecule has 6 heteroatoms. The molecule has 0 heterocycles. The molecule has 0 saturated heterocycles. The fraction of sp³-hybridized carbons (Fsp3) is 0.533. The number of guanidine groups is 1. The fourth-order valence-corrected chi connectivity index (χ4v) is 2.58. The third kappa shape index (κ3) is 4.98. The summed E-state index contributed by atoms with van der Waals surface area (Å²) in [7, 11) is 0. The van der Waals surface area contributed by atoms with Crippen LogP contribution in [0.25, 0.3) is 0 Å². The first kappa shape index (κ1) is 18.5. The van der Waals surface area contributed by atoms with E-state index in [-0.39, 0.29) is 41.8 Å². The van der Waals surface area contributed by atoms with Crippen molar-refractivity contribution in [1.29, 1.82) is 0 Å². The van der Waals surface area contributed by atoms with Crippen molar-refractivity contribution in [2.24, 2.45) is 4.99 Å². The summed E-state index contributed by atoms with van der Waals surface area (Å²) < 4.78 is 13.9. The van der Waals surface area contributed by atoms with Gasteiger partial charge in [-0.25, -0.2) is 4.39 Å². The summed E-state index contributed by atoms with van der Waals surface area (Å²) in [6.07, 6.45) is 0.878. The van der Waals surface area contributed by atoms with Gasteiger partial charge in [0.2, 0.25) is 0 Å². The number of nitrogens with one attached hydrogen (secondary N) is 2. The first-order valence-corrected chi connectivity index (χ1v) is 7.42. The molecular formula is C15H22ClFIN3. The molecule has 2 atom stereocenters. The van der Waals surface area contributed by atoms with Gasteiger partial charge in [-0.05, 0) is 39.3 Å². The highest BCUT2D eigenvalue weighted by atomic mass is 127. The molecule has 3 nitrogen and oxygen atoms in total. The van der Waals surface area contributed by atoms with E-state index in [0.717, 1.165) is 12.4 Å². The molecule has 1 aliphatic carbocycles. The lowest BCUT2D eigenvalue weighted by molar-refractivity contribution is 0.607. The van der Waals surface area contributed by atoms with Crippen molar-refractivity contribution in [2.75, 3.05) is 6.54 Å². The van der Waals surface area contributed by atoms with Crippen molar-refractivity contribution in [2.45, 2.75) is 45.2 Å². The Morgan fingerprint density at radius 3 is 2.76 bits per heavy atom. The monoisotopic (exact) mass is 425 g/mol. The van der Waals surface area contributed by atoms with Crippen molar-refractivity contribution < 1.29 is 4.39 Å². The Hall–Kier alpha value is -0.560. The van der Waals surface area contributed by atoms with E-state index in [1.807, 2.05) is 6.92 Å². The van der Waals surface area contributed by atoms with E-state index in [1.165, 1.54) is 6.07 Å². The smallest absolute Gasteiger partial charge is 0.191 e. The van der Waals surface area contributed by atoms with Crippen LogP contribution in [0.3, 0.4) is 0 Å². The van der Waals surface area contributed by atoms with Crippen molar-refractivity contribution in [1.82, 2.24) is 10.6 Å². The van der Waals surface area contributed by atoms with Crippen LogP contribution in [-0.4, -0.2) is 24.6 Å². The quantitative estimate of drug-likeness (QED) is 0.436. The van der Waals surface area contributed by atoms with E-state index in [4.69, 9.17) is 11.6 Å². The first-order valence-electron chi connectivity index (χ1n) is 7.04. The Labute approximate surface area is 147 Å². The van der Waals surface area contributed by atoms with Crippen LogP contribution in [0, 0.1) is 5.82 Å². The van der Waals surface area contributed by atoms with Crippen molar-refractivity contribution in [3.8, 4) is 0 Å². The summed E-state index contributed by atoms with van der Waals surface area (Å²) in [6, 6.07) is 5.34. The molecule has 1 saturated carbocycles. The first-order chi connectivity index (χ1) is 9.52. The summed E-state index contributed by atoms with van der Waals surface area (Å²) in [4.78, 5) is 4.39. The van der Waals surface area contributed by atoms with Crippen LogP contribution >= 0.6 is 35.6 Å². The molecular weight excluding hydrogens is 404 g/mol. The second-order valence-corrected chi connectivity index (χ2v) is 5.76. The highest BCUT2D eigenvalue weighted by molar-refractivity contribution is 14.0. The van der Waals surface area contributed by atoms with E-state index in [9.17, 15) is 4.39 Å². The van der Waals surface area contributed by atoms with Gasteiger partial charge in [0.15, 0.2) is 5.96 Å². The van der Waals surface area contributed by atoms with Gasteiger partial charge in [-0.1, -0.05) is 17.7 Å². The van der Waals surface area contributed by atoms with E-state index in [2.05, 4.69) is 29.5 Å². The predicted molar refractivity (Wildman–Crippen MR) is 97.4 cm³/mol. The molecule has 0 radical (unpaired) electrons. The van der Waals surface area contributed by atoms with Crippen molar-refractivity contribution in [3.63, 3.8) is 0 Å². The van der Waals surface area contributed by atoms with Crippen molar-refractivity contribution in [3.05, 3.63) is 34.6 Å². The molecule has 118 valence electrons. The maximum absolute atomic E-state index is 13.9. The Kier molecular flexibility index (Phi) is 7.20. The van der Waals surface area contributed by atoms with Crippen LogP contribution in [0.1, 0.15) is 38.7 Å². The molecule has 2 N–H and O–H groups in total. The van der Waals surface area contributed by atoms with Gasteiger partial charge >= 0.3 is 0 Å². The van der Waals surface area contributed by atoms with Gasteiger partial charge < -0.3 is 10.6 Å². The molecule has 1 aromatic rings. The molecule has 21 heavy (non-hydrogen) atoms. The Bertz CT molecular complexity index is 487. The highest BCUT2D eigenvalue weighted by Crippen LogP contribution is 2.44. The maximum atomic E-state index is 13.9. The fourth-order valence-electron chi connectivity index (χ4n) is 2.28. The number of hydrogen-bond acceptors (Lipinski definition) is 1. The molecule has 0 amide bonds. The van der Waals surface area contributed by atoms with Gasteiger partial charge in [-0.15, -0.1) is 24.0 Å². The Morgan fingerprint density at radius 2 is 2.19 bits per heavy atom. The predicted octanol–water partition coefficient (Wildman–Crippen LogP) is 3.92. The van der Waals surface area contributed by atoms with Crippen LogP contribution in [0.5, 0.6) is 0 Å². The minimum absolute atomic E-state index is 0. The van der Waals surface area contributed by atoms with E-state index >= 15 is 0 Å². The zero-order valence-electron chi connectivity index (χ0n) is 12.5. The molecule has 0 aromatic heterocycles. The normalized spacial score (nSPS) is 21.0. The van der Waals surface area contributed by atoms with Crippen LogP contribution in [0.2, 0.25) is 5.02 Å². The van der Waals surface area contributed by atoms with Crippen LogP contribution < -0.4 is 10.6 Å². The van der Waals surface area contributed by atoms with E-state index < -0.39 is 0 Å². The second-order valence-electron chi connectivity index (χ2n) is 5.35. The summed E-state index contributed by atoms with van der Waals surface area (Å²) in [5.74, 6) is 0.680. The van der Waals surface area contributed by atoms with Crippen LogP contribution in [-0.2, 0) is 0 Å². The topological polar surface area (TPSA) is 36.4 Å². The molecule has 0 spiro atoms. The van der Waals surface area contributed by atoms with Gasteiger partial charge in [0.05, 0.1) is 0 Å². The van der Waals surface area contributed by atoms with Gasteiger partial charge in [-0.2, -0.15) is 0 Å². The average Bonchev–Trinajstić information content (AvgIpc) is 3.07. The zero-order valence-corrected chi connectivity index (χ0v) is 15.6. The lowest BCUT2D eigenvalue weighted by Gasteiger charge is -2.15. The van der Waals surface area contributed by atoms with Crippen molar-refractivity contribution >= 4 is 41.5 Å². The number of aliphatic imine (C=N–C) groups is 1. The van der Waals surface area contributed by atoms with Gasteiger partial charge in [-0.3, -0.25) is 4.99 Å². The van der Waals surface area contributed by atoms with E-state index in [1.54, 1.807) is 12.1 Å². The number of nitrogens with zero attached hydrogens (tertiary/aromatic N) is 1. The van der Waals surface area contributed by atoms with Gasteiger partial charge in [0.25, 0.3) is 0 Å². The summed E-state index contributed by atoms with van der Waals surface area (Å²) in [6.45, 7) is 6.82. The lowest BCUT2D eigenvalue weighted by atomic mass is 10.1. The zero-order chi connectivity index (χ0) is 14.7. The third-order valence-electron chi connectivity index (χ3n) is 3.22. The van der Waals surface area contributed by atoms with Gasteiger partial charge in [0.1, 0.15) is 5.82 Å². The molecule has 1 aromatic carbocycles. The maximum Gasteiger partial charge on any atom is 0.191 e. The molecule has 0 bridgehead atoms. The van der Waals surface area contributed by atoms with Crippen LogP contribution in [0.4, 0.5) is 4.39 Å². The Morgan fingerprint density at radius 1 is 1.48 bits per heavy atom. The summed E-state index contributed by atoms with van der Waals surface area (Å²) in [5, 5.41) is 7.11. The van der Waals surface area contributed by atoms with Gasteiger partial charge in [0, 0.05) is 35.1 Å². The average molecular weight is 426 g/mol.